The minimum absolute atomic E-state index is 0.327. The van der Waals surface area contributed by atoms with Gasteiger partial charge in [-0.3, -0.25) is 0 Å². The fraction of sp³-hybridized carbons (Fsp3) is 0.500. The van der Waals surface area contributed by atoms with E-state index in [1.165, 1.54) is 0 Å². The van der Waals surface area contributed by atoms with E-state index < -0.39 is 0 Å². The number of ether oxygens (including phenoxy) is 2. The fourth-order valence-corrected chi connectivity index (χ4v) is 1.45. The van der Waals surface area contributed by atoms with Crippen molar-refractivity contribution in [3.05, 3.63) is 35.4 Å². The standard InChI is InChI=1S/C12H19NO2/c1-12(2,13)10-7-5-6-9(8-10)11(14-3)15-4/h5-8,11H,13H2,1-4H3. The summed E-state index contributed by atoms with van der Waals surface area (Å²) in [6.45, 7) is 3.95. The maximum absolute atomic E-state index is 6.03. The summed E-state index contributed by atoms with van der Waals surface area (Å²) < 4.78 is 10.4. The molecule has 0 heterocycles. The quantitative estimate of drug-likeness (QED) is 0.773. The van der Waals surface area contributed by atoms with Crippen LogP contribution in [0, 0.1) is 0 Å². The van der Waals surface area contributed by atoms with Crippen LogP contribution in [0.4, 0.5) is 0 Å². The Labute approximate surface area is 91.2 Å². The van der Waals surface area contributed by atoms with Crippen LogP contribution in [0.15, 0.2) is 24.3 Å². The third kappa shape index (κ3) is 3.02. The Hall–Kier alpha value is -0.900. The fourth-order valence-electron chi connectivity index (χ4n) is 1.45. The first kappa shape index (κ1) is 12.2. The van der Waals surface area contributed by atoms with E-state index in [9.17, 15) is 0 Å². The highest BCUT2D eigenvalue weighted by Crippen LogP contribution is 2.23. The molecule has 3 nitrogen and oxygen atoms in total. The number of methoxy groups -OCH3 is 2. The first-order valence-electron chi connectivity index (χ1n) is 4.94. The molecule has 1 aromatic rings. The van der Waals surface area contributed by atoms with Gasteiger partial charge < -0.3 is 15.2 Å². The molecule has 0 aliphatic rings. The minimum Gasteiger partial charge on any atom is -0.352 e. The largest absolute Gasteiger partial charge is 0.352 e. The molecule has 1 rings (SSSR count). The number of benzene rings is 1. The Kier molecular flexibility index (Phi) is 3.85. The lowest BCUT2D eigenvalue weighted by molar-refractivity contribution is -0.106. The van der Waals surface area contributed by atoms with Crippen LogP contribution in [0.25, 0.3) is 0 Å². The molecule has 3 heteroatoms. The Bertz CT molecular complexity index is 314. The van der Waals surface area contributed by atoms with E-state index in [0.29, 0.717) is 0 Å². The SMILES string of the molecule is COC(OC)c1cccc(C(C)(C)N)c1. The van der Waals surface area contributed by atoms with Crippen LogP contribution in [0.5, 0.6) is 0 Å². The highest BCUT2D eigenvalue weighted by molar-refractivity contribution is 5.29. The minimum atomic E-state index is -0.345. The normalized spacial score (nSPS) is 12.1. The van der Waals surface area contributed by atoms with Crippen molar-refractivity contribution in [3.8, 4) is 0 Å². The molecule has 0 amide bonds. The van der Waals surface area contributed by atoms with Gasteiger partial charge in [-0.1, -0.05) is 18.2 Å². The number of nitrogens with two attached hydrogens (primary N) is 1. The van der Waals surface area contributed by atoms with Crippen molar-refractivity contribution in [1.82, 2.24) is 0 Å². The van der Waals surface area contributed by atoms with Crippen molar-refractivity contribution in [2.24, 2.45) is 5.73 Å². The van der Waals surface area contributed by atoms with Gasteiger partial charge in [0.2, 0.25) is 0 Å². The van der Waals surface area contributed by atoms with E-state index in [1.807, 2.05) is 38.1 Å². The smallest absolute Gasteiger partial charge is 0.183 e. The van der Waals surface area contributed by atoms with Crippen molar-refractivity contribution >= 4 is 0 Å². The second-order valence-corrected chi connectivity index (χ2v) is 4.15. The summed E-state index contributed by atoms with van der Waals surface area (Å²) in [5.74, 6) is 0. The van der Waals surface area contributed by atoms with Gasteiger partial charge in [-0.2, -0.15) is 0 Å². The van der Waals surface area contributed by atoms with Gasteiger partial charge in [-0.15, -0.1) is 0 Å². The Balaban J connectivity index is 3.02. The lowest BCUT2D eigenvalue weighted by Crippen LogP contribution is -2.28. The van der Waals surface area contributed by atoms with Crippen LogP contribution >= 0.6 is 0 Å². The van der Waals surface area contributed by atoms with Gasteiger partial charge in [0.25, 0.3) is 0 Å². The van der Waals surface area contributed by atoms with Crippen LogP contribution in [0.3, 0.4) is 0 Å². The Morgan fingerprint density at radius 1 is 1.20 bits per heavy atom. The predicted molar refractivity (Wildman–Crippen MR) is 60.4 cm³/mol. The number of hydrogen-bond acceptors (Lipinski definition) is 3. The number of hydrogen-bond donors (Lipinski definition) is 1. The summed E-state index contributed by atoms with van der Waals surface area (Å²) in [4.78, 5) is 0. The third-order valence-corrected chi connectivity index (χ3v) is 2.33. The molecule has 0 fully saturated rings. The third-order valence-electron chi connectivity index (χ3n) is 2.33. The van der Waals surface area contributed by atoms with Crippen LogP contribution in [0.2, 0.25) is 0 Å². The maximum atomic E-state index is 6.03. The first-order chi connectivity index (χ1) is 6.99. The molecule has 84 valence electrons. The molecule has 0 unspecified atom stereocenters. The lowest BCUT2D eigenvalue weighted by Gasteiger charge is -2.21. The average Bonchev–Trinajstić information content (AvgIpc) is 2.19. The van der Waals surface area contributed by atoms with E-state index >= 15 is 0 Å². The van der Waals surface area contributed by atoms with Gasteiger partial charge in [-0.05, 0) is 25.5 Å². The van der Waals surface area contributed by atoms with Crippen molar-refractivity contribution in [3.63, 3.8) is 0 Å². The van der Waals surface area contributed by atoms with Gasteiger partial charge in [0.1, 0.15) is 0 Å². The second-order valence-electron chi connectivity index (χ2n) is 4.15. The molecular formula is C12H19NO2. The molecule has 15 heavy (non-hydrogen) atoms. The summed E-state index contributed by atoms with van der Waals surface area (Å²) in [5.41, 5.74) is 7.73. The van der Waals surface area contributed by atoms with Crippen molar-refractivity contribution in [2.75, 3.05) is 14.2 Å². The first-order valence-corrected chi connectivity index (χ1v) is 4.94. The zero-order chi connectivity index (χ0) is 11.5. The van der Waals surface area contributed by atoms with Crippen LogP contribution in [-0.4, -0.2) is 14.2 Å². The van der Waals surface area contributed by atoms with Gasteiger partial charge in [0, 0.05) is 25.3 Å². The summed E-state index contributed by atoms with van der Waals surface area (Å²) in [5, 5.41) is 0. The molecule has 0 bridgehead atoms. The monoisotopic (exact) mass is 209 g/mol. The van der Waals surface area contributed by atoms with E-state index in [1.54, 1.807) is 14.2 Å². The number of rotatable bonds is 4. The van der Waals surface area contributed by atoms with Gasteiger partial charge in [0.05, 0.1) is 0 Å². The van der Waals surface area contributed by atoms with Crippen LogP contribution < -0.4 is 5.73 Å². The topological polar surface area (TPSA) is 44.5 Å². The van der Waals surface area contributed by atoms with E-state index in [0.717, 1.165) is 11.1 Å². The molecule has 0 saturated carbocycles. The Morgan fingerprint density at radius 3 is 2.27 bits per heavy atom. The van der Waals surface area contributed by atoms with E-state index in [2.05, 4.69) is 0 Å². The van der Waals surface area contributed by atoms with E-state index in [-0.39, 0.29) is 11.8 Å². The molecule has 0 aromatic heterocycles. The second kappa shape index (κ2) is 4.75. The van der Waals surface area contributed by atoms with Gasteiger partial charge in [-0.25, -0.2) is 0 Å². The molecule has 0 aliphatic carbocycles. The van der Waals surface area contributed by atoms with Crippen LogP contribution in [0.1, 0.15) is 31.3 Å². The van der Waals surface area contributed by atoms with Crippen molar-refractivity contribution in [2.45, 2.75) is 25.7 Å². The lowest BCUT2D eigenvalue weighted by atomic mass is 9.94. The highest BCUT2D eigenvalue weighted by atomic mass is 16.7. The Morgan fingerprint density at radius 2 is 1.80 bits per heavy atom. The molecule has 1 aromatic carbocycles. The van der Waals surface area contributed by atoms with Gasteiger partial charge >= 0.3 is 0 Å². The summed E-state index contributed by atoms with van der Waals surface area (Å²) in [7, 11) is 3.24. The summed E-state index contributed by atoms with van der Waals surface area (Å²) >= 11 is 0. The molecule has 0 atom stereocenters. The average molecular weight is 209 g/mol. The molecule has 0 aliphatic heterocycles. The molecule has 0 radical (unpaired) electrons. The van der Waals surface area contributed by atoms with Crippen LogP contribution in [-0.2, 0) is 15.0 Å². The predicted octanol–water partition coefficient (Wildman–Crippen LogP) is 2.17. The zero-order valence-electron chi connectivity index (χ0n) is 9.78. The molecule has 2 N–H and O–H groups in total. The molecule has 0 saturated heterocycles. The van der Waals surface area contributed by atoms with Gasteiger partial charge in [0.15, 0.2) is 6.29 Å². The van der Waals surface area contributed by atoms with Crippen molar-refractivity contribution < 1.29 is 9.47 Å². The zero-order valence-corrected chi connectivity index (χ0v) is 9.78. The summed E-state index contributed by atoms with van der Waals surface area (Å²) in [6, 6.07) is 7.95. The van der Waals surface area contributed by atoms with E-state index in [4.69, 9.17) is 15.2 Å². The highest BCUT2D eigenvalue weighted by Gasteiger charge is 2.16. The van der Waals surface area contributed by atoms with Crippen molar-refractivity contribution in [1.29, 1.82) is 0 Å². The maximum Gasteiger partial charge on any atom is 0.183 e. The molecular weight excluding hydrogens is 190 g/mol. The molecule has 0 spiro atoms. The summed E-state index contributed by atoms with van der Waals surface area (Å²) in [6.07, 6.45) is -0.327.